The average Bonchev–Trinajstić information content (AvgIpc) is 2.03. The predicted molar refractivity (Wildman–Crippen MR) is 47.1 cm³/mol. The zero-order valence-electron chi connectivity index (χ0n) is 6.58. The summed E-state index contributed by atoms with van der Waals surface area (Å²) < 4.78 is 0. The summed E-state index contributed by atoms with van der Waals surface area (Å²) in [6.07, 6.45) is 0. The van der Waals surface area contributed by atoms with Crippen molar-refractivity contribution >= 4 is 11.6 Å². The van der Waals surface area contributed by atoms with Crippen molar-refractivity contribution in [1.82, 2.24) is 0 Å². The van der Waals surface area contributed by atoms with Crippen LogP contribution in [0.1, 0.15) is 18.4 Å². The van der Waals surface area contributed by atoms with Crippen molar-refractivity contribution in [3.05, 3.63) is 28.8 Å². The minimum atomic E-state index is -0.238. The Hall–Kier alpha value is -1.20. The molecule has 1 rings (SSSR count). The Bertz CT molecular complexity index is 330. The lowest BCUT2D eigenvalue weighted by atomic mass is 10.0. The van der Waals surface area contributed by atoms with Gasteiger partial charge in [-0.15, -0.1) is 0 Å². The molecular weight excluding hydrogens is 174 g/mol. The molecule has 0 aliphatic carbocycles. The third-order valence-electron chi connectivity index (χ3n) is 1.64. The molecule has 0 spiro atoms. The van der Waals surface area contributed by atoms with Gasteiger partial charge in [0.2, 0.25) is 0 Å². The van der Waals surface area contributed by atoms with Crippen LogP contribution in [0.3, 0.4) is 0 Å². The molecule has 1 N–H and O–H groups in total. The fourth-order valence-electron chi connectivity index (χ4n) is 0.937. The number of nitrogens with zero attached hydrogens (tertiary/aromatic N) is 1. The van der Waals surface area contributed by atoms with Crippen molar-refractivity contribution in [3.8, 4) is 11.8 Å². The van der Waals surface area contributed by atoms with Gasteiger partial charge in [-0.3, -0.25) is 0 Å². The number of halogens is 1. The molecular formula is C9H8ClNO. The summed E-state index contributed by atoms with van der Waals surface area (Å²) in [6.45, 7) is 1.76. The molecule has 1 unspecified atom stereocenters. The van der Waals surface area contributed by atoms with Gasteiger partial charge in [0.25, 0.3) is 0 Å². The fourth-order valence-corrected chi connectivity index (χ4v) is 1.28. The van der Waals surface area contributed by atoms with Gasteiger partial charge in [0.05, 0.1) is 12.0 Å². The Balaban J connectivity index is 3.11. The third kappa shape index (κ3) is 1.69. The van der Waals surface area contributed by atoms with E-state index in [9.17, 15) is 0 Å². The first kappa shape index (κ1) is 8.89. The van der Waals surface area contributed by atoms with Crippen LogP contribution >= 0.6 is 11.6 Å². The fraction of sp³-hybridized carbons (Fsp3) is 0.222. The van der Waals surface area contributed by atoms with E-state index in [-0.39, 0.29) is 11.7 Å². The number of hydrogen-bond donors (Lipinski definition) is 1. The molecule has 12 heavy (non-hydrogen) atoms. The van der Waals surface area contributed by atoms with E-state index in [1.807, 2.05) is 0 Å². The first-order valence-corrected chi connectivity index (χ1v) is 3.91. The largest absolute Gasteiger partial charge is 0.508 e. The Morgan fingerprint density at radius 2 is 2.25 bits per heavy atom. The van der Waals surface area contributed by atoms with Crippen LogP contribution < -0.4 is 0 Å². The van der Waals surface area contributed by atoms with Gasteiger partial charge in [0, 0.05) is 5.02 Å². The van der Waals surface area contributed by atoms with Gasteiger partial charge in [-0.2, -0.15) is 5.26 Å². The maximum Gasteiger partial charge on any atom is 0.117 e. The molecule has 0 heterocycles. The van der Waals surface area contributed by atoms with E-state index in [1.54, 1.807) is 13.0 Å². The molecule has 1 atom stereocenters. The molecule has 0 fully saturated rings. The highest BCUT2D eigenvalue weighted by atomic mass is 35.5. The van der Waals surface area contributed by atoms with E-state index in [0.29, 0.717) is 5.02 Å². The molecule has 0 aliphatic heterocycles. The van der Waals surface area contributed by atoms with Crippen LogP contribution in [-0.2, 0) is 0 Å². The Morgan fingerprint density at radius 1 is 1.58 bits per heavy atom. The van der Waals surface area contributed by atoms with Crippen molar-refractivity contribution in [1.29, 1.82) is 5.26 Å². The summed E-state index contributed by atoms with van der Waals surface area (Å²) in [5.74, 6) is -0.119. The van der Waals surface area contributed by atoms with Crippen LogP contribution in [0.25, 0.3) is 0 Å². The summed E-state index contributed by atoms with van der Waals surface area (Å²) >= 11 is 5.79. The van der Waals surface area contributed by atoms with Gasteiger partial charge in [0.15, 0.2) is 0 Å². The van der Waals surface area contributed by atoms with Crippen LogP contribution in [0.4, 0.5) is 0 Å². The first-order chi connectivity index (χ1) is 5.65. The number of nitriles is 1. The maximum atomic E-state index is 9.02. The van der Waals surface area contributed by atoms with Gasteiger partial charge in [-0.25, -0.2) is 0 Å². The highest BCUT2D eigenvalue weighted by Crippen LogP contribution is 2.27. The molecule has 1 aromatic rings. The highest BCUT2D eigenvalue weighted by molar-refractivity contribution is 6.31. The van der Waals surface area contributed by atoms with Crippen molar-refractivity contribution in [2.75, 3.05) is 0 Å². The summed E-state index contributed by atoms with van der Waals surface area (Å²) in [7, 11) is 0. The minimum Gasteiger partial charge on any atom is -0.508 e. The molecule has 0 radical (unpaired) electrons. The van der Waals surface area contributed by atoms with E-state index in [2.05, 4.69) is 6.07 Å². The minimum absolute atomic E-state index is 0.119. The van der Waals surface area contributed by atoms with E-state index in [1.165, 1.54) is 12.1 Å². The molecule has 2 nitrogen and oxygen atoms in total. The number of aromatic hydroxyl groups is 1. The predicted octanol–water partition coefficient (Wildman–Crippen LogP) is 2.67. The summed E-state index contributed by atoms with van der Waals surface area (Å²) in [6, 6.07) is 6.69. The van der Waals surface area contributed by atoms with Gasteiger partial charge in [-0.05, 0) is 24.6 Å². The number of hydrogen-bond acceptors (Lipinski definition) is 2. The van der Waals surface area contributed by atoms with Crippen molar-refractivity contribution in [2.45, 2.75) is 12.8 Å². The number of phenolic OH excluding ortho intramolecular Hbond substituents is 1. The molecule has 0 aromatic heterocycles. The quantitative estimate of drug-likeness (QED) is 0.724. The standard InChI is InChI=1S/C9H8ClNO/c1-6(5-11)8-3-2-7(12)4-9(8)10/h2-4,6,12H,1H3. The van der Waals surface area contributed by atoms with Crippen LogP contribution in [0, 0.1) is 11.3 Å². The number of benzene rings is 1. The van der Waals surface area contributed by atoms with Gasteiger partial charge < -0.3 is 5.11 Å². The van der Waals surface area contributed by atoms with Crippen LogP contribution in [0.2, 0.25) is 5.02 Å². The van der Waals surface area contributed by atoms with Crippen LogP contribution in [0.5, 0.6) is 5.75 Å². The molecule has 1 aromatic carbocycles. The molecule has 0 aliphatic rings. The maximum absolute atomic E-state index is 9.02. The van der Waals surface area contributed by atoms with Crippen molar-refractivity contribution in [2.24, 2.45) is 0 Å². The van der Waals surface area contributed by atoms with Crippen LogP contribution in [0.15, 0.2) is 18.2 Å². The smallest absolute Gasteiger partial charge is 0.117 e. The first-order valence-electron chi connectivity index (χ1n) is 3.53. The molecule has 0 saturated carbocycles. The van der Waals surface area contributed by atoms with Crippen molar-refractivity contribution in [3.63, 3.8) is 0 Å². The van der Waals surface area contributed by atoms with E-state index in [0.717, 1.165) is 5.56 Å². The Kier molecular flexibility index (Phi) is 2.57. The molecule has 0 amide bonds. The summed E-state index contributed by atoms with van der Waals surface area (Å²) in [5, 5.41) is 18.1. The number of phenols is 1. The normalized spacial score (nSPS) is 12.1. The molecule has 3 heteroatoms. The second-order valence-electron chi connectivity index (χ2n) is 2.56. The van der Waals surface area contributed by atoms with E-state index < -0.39 is 0 Å². The molecule has 62 valence electrons. The highest BCUT2D eigenvalue weighted by Gasteiger charge is 2.08. The van der Waals surface area contributed by atoms with Gasteiger partial charge in [0.1, 0.15) is 5.75 Å². The van der Waals surface area contributed by atoms with Crippen LogP contribution in [-0.4, -0.2) is 5.11 Å². The molecule has 0 bridgehead atoms. The lowest BCUT2D eigenvalue weighted by Crippen LogP contribution is -1.89. The van der Waals surface area contributed by atoms with Gasteiger partial charge >= 0.3 is 0 Å². The van der Waals surface area contributed by atoms with Gasteiger partial charge in [-0.1, -0.05) is 17.7 Å². The average molecular weight is 182 g/mol. The van der Waals surface area contributed by atoms with E-state index in [4.69, 9.17) is 22.0 Å². The van der Waals surface area contributed by atoms with E-state index >= 15 is 0 Å². The van der Waals surface area contributed by atoms with Crippen molar-refractivity contribution < 1.29 is 5.11 Å². The zero-order valence-corrected chi connectivity index (χ0v) is 7.34. The molecule has 0 saturated heterocycles. The third-order valence-corrected chi connectivity index (χ3v) is 1.97. The topological polar surface area (TPSA) is 44.0 Å². The monoisotopic (exact) mass is 181 g/mol. The zero-order chi connectivity index (χ0) is 9.14. The second kappa shape index (κ2) is 3.46. The Labute approximate surface area is 76.0 Å². The Morgan fingerprint density at radius 3 is 2.75 bits per heavy atom. The lowest BCUT2D eigenvalue weighted by molar-refractivity contribution is 0.475. The lowest BCUT2D eigenvalue weighted by Gasteiger charge is -2.05. The summed E-state index contributed by atoms with van der Waals surface area (Å²) in [4.78, 5) is 0. The number of rotatable bonds is 1. The summed E-state index contributed by atoms with van der Waals surface area (Å²) in [5.41, 5.74) is 0.747. The SMILES string of the molecule is CC(C#N)c1ccc(O)cc1Cl. The second-order valence-corrected chi connectivity index (χ2v) is 2.96.